The average molecular weight is 355 g/mol. The fourth-order valence-corrected chi connectivity index (χ4v) is 2.23. The van der Waals surface area contributed by atoms with Gasteiger partial charge in [0.2, 0.25) is 5.91 Å². The van der Waals surface area contributed by atoms with E-state index in [2.05, 4.69) is 21.2 Å². The lowest BCUT2D eigenvalue weighted by Gasteiger charge is -2.11. The second kappa shape index (κ2) is 5.96. The minimum atomic E-state index is -1.40. The molecule has 1 heterocycles. The summed E-state index contributed by atoms with van der Waals surface area (Å²) in [5, 5.41) is 11.8. The Labute approximate surface area is 127 Å². The molecule has 0 saturated heterocycles. The molecule has 7 nitrogen and oxygen atoms in total. The zero-order chi connectivity index (χ0) is 15.6. The van der Waals surface area contributed by atoms with Crippen molar-refractivity contribution >= 4 is 44.7 Å². The molecule has 0 bridgehead atoms. The van der Waals surface area contributed by atoms with Crippen LogP contribution in [0.2, 0.25) is 0 Å². The summed E-state index contributed by atoms with van der Waals surface area (Å²) in [6.45, 7) is 0. The van der Waals surface area contributed by atoms with Gasteiger partial charge in [-0.15, -0.1) is 0 Å². The van der Waals surface area contributed by atoms with Crippen molar-refractivity contribution in [1.82, 2.24) is 5.32 Å². The van der Waals surface area contributed by atoms with Crippen molar-refractivity contribution in [3.63, 3.8) is 0 Å². The summed E-state index contributed by atoms with van der Waals surface area (Å²) in [6, 6.07) is 5.36. The first-order chi connectivity index (χ1) is 9.88. The van der Waals surface area contributed by atoms with Crippen molar-refractivity contribution in [1.29, 1.82) is 0 Å². The number of rotatable bonds is 5. The number of furan rings is 1. The topological polar surface area (TPSA) is 123 Å². The van der Waals surface area contributed by atoms with Crippen molar-refractivity contribution in [2.24, 2.45) is 5.73 Å². The third-order valence-corrected chi connectivity index (χ3v) is 3.35. The van der Waals surface area contributed by atoms with Crippen molar-refractivity contribution in [3.8, 4) is 0 Å². The summed E-state index contributed by atoms with van der Waals surface area (Å²) in [4.78, 5) is 33.7. The summed E-state index contributed by atoms with van der Waals surface area (Å²) in [5.41, 5.74) is 5.42. The van der Waals surface area contributed by atoms with Crippen molar-refractivity contribution in [2.75, 3.05) is 0 Å². The van der Waals surface area contributed by atoms with Gasteiger partial charge in [-0.05, 0) is 28.1 Å². The quantitative estimate of drug-likeness (QED) is 0.745. The van der Waals surface area contributed by atoms with E-state index in [1.54, 1.807) is 18.2 Å². The number of amides is 2. The molecule has 1 aromatic carbocycles. The molecule has 0 aliphatic rings. The molecule has 0 unspecified atom stereocenters. The number of carboxylic acids is 1. The first-order valence-corrected chi connectivity index (χ1v) is 6.68. The number of nitrogens with one attached hydrogen (secondary N) is 1. The summed E-state index contributed by atoms with van der Waals surface area (Å²) in [7, 11) is 0. The Kier molecular flexibility index (Phi) is 4.27. The van der Waals surface area contributed by atoms with Crippen LogP contribution >= 0.6 is 15.9 Å². The molecule has 1 atom stereocenters. The fourth-order valence-electron chi connectivity index (χ4n) is 1.77. The van der Waals surface area contributed by atoms with E-state index in [4.69, 9.17) is 15.3 Å². The van der Waals surface area contributed by atoms with Crippen molar-refractivity contribution in [2.45, 2.75) is 12.5 Å². The number of halogens is 1. The van der Waals surface area contributed by atoms with Crippen molar-refractivity contribution in [3.05, 3.63) is 34.5 Å². The Morgan fingerprint density at radius 2 is 2.10 bits per heavy atom. The smallest absolute Gasteiger partial charge is 0.326 e. The maximum Gasteiger partial charge on any atom is 0.326 e. The average Bonchev–Trinajstić information content (AvgIpc) is 2.82. The van der Waals surface area contributed by atoms with E-state index in [0.717, 1.165) is 0 Å². The largest absolute Gasteiger partial charge is 0.480 e. The lowest BCUT2D eigenvalue weighted by atomic mass is 10.2. The summed E-state index contributed by atoms with van der Waals surface area (Å²) in [5.74, 6) is -2.95. The number of hydrogen-bond acceptors (Lipinski definition) is 4. The highest BCUT2D eigenvalue weighted by atomic mass is 79.9. The maximum absolute atomic E-state index is 12.0. The van der Waals surface area contributed by atoms with Gasteiger partial charge in [0.05, 0.1) is 10.9 Å². The Bertz CT molecular complexity index is 724. The van der Waals surface area contributed by atoms with Gasteiger partial charge in [-0.2, -0.15) is 0 Å². The number of aliphatic carboxylic acids is 1. The predicted molar refractivity (Wildman–Crippen MR) is 76.6 cm³/mol. The molecule has 110 valence electrons. The normalized spacial score (nSPS) is 12.0. The maximum atomic E-state index is 12.0. The SMILES string of the molecule is NC(=O)C[C@@H](NC(=O)c1cc2cccc(Br)c2o1)C(=O)O. The van der Waals surface area contributed by atoms with Crippen LogP contribution in [0.1, 0.15) is 17.0 Å². The molecule has 2 amide bonds. The molecule has 8 heteroatoms. The first kappa shape index (κ1) is 15.0. The third kappa shape index (κ3) is 3.40. The standard InChI is InChI=1S/C13H11BrN2O5/c14-7-3-1-2-6-4-9(21-11(6)7)12(18)16-8(13(19)20)5-10(15)17/h1-4,8H,5H2,(H2,15,17)(H,16,18)(H,19,20)/t8-/m1/s1. The summed E-state index contributed by atoms with van der Waals surface area (Å²) in [6.07, 6.45) is -0.495. The van der Waals surface area contributed by atoms with Crippen molar-refractivity contribution < 1.29 is 23.9 Å². The van der Waals surface area contributed by atoms with E-state index in [9.17, 15) is 14.4 Å². The fraction of sp³-hybridized carbons (Fsp3) is 0.154. The molecule has 0 aliphatic heterocycles. The number of nitrogens with two attached hydrogens (primary N) is 1. The number of benzene rings is 1. The zero-order valence-corrected chi connectivity index (χ0v) is 12.2. The van der Waals surface area contributed by atoms with E-state index in [-0.39, 0.29) is 5.76 Å². The molecule has 0 radical (unpaired) electrons. The molecule has 4 N–H and O–H groups in total. The van der Waals surface area contributed by atoms with Gasteiger partial charge < -0.3 is 20.6 Å². The molecule has 1 aromatic heterocycles. The van der Waals surface area contributed by atoms with Gasteiger partial charge in [-0.25, -0.2) is 4.79 Å². The number of hydrogen-bond donors (Lipinski definition) is 3. The Hall–Kier alpha value is -2.35. The molecular weight excluding hydrogens is 344 g/mol. The number of carbonyl (C=O) groups excluding carboxylic acids is 2. The van der Waals surface area contributed by atoms with Crippen LogP contribution < -0.4 is 11.1 Å². The molecule has 0 fully saturated rings. The lowest BCUT2D eigenvalue weighted by Crippen LogP contribution is -2.43. The minimum absolute atomic E-state index is 0.0485. The van der Waals surface area contributed by atoms with Crippen LogP contribution in [0.5, 0.6) is 0 Å². The van der Waals surface area contributed by atoms with E-state index >= 15 is 0 Å². The number of carboxylic acid groups (broad SMARTS) is 1. The number of primary amides is 1. The predicted octanol–water partition coefficient (Wildman–Crippen LogP) is 1.25. The van der Waals surface area contributed by atoms with Crippen LogP contribution in [0.4, 0.5) is 0 Å². The number of fused-ring (bicyclic) bond motifs is 1. The van der Waals surface area contributed by atoms with E-state index in [1.807, 2.05) is 0 Å². The van der Waals surface area contributed by atoms with Crippen LogP contribution in [-0.4, -0.2) is 28.9 Å². The molecule has 0 aliphatic carbocycles. The molecule has 0 saturated carbocycles. The molecule has 2 rings (SSSR count). The van der Waals surface area contributed by atoms with Crippen LogP contribution in [0.15, 0.2) is 33.2 Å². The van der Waals surface area contributed by atoms with Gasteiger partial charge in [0.1, 0.15) is 11.6 Å². The molecule has 21 heavy (non-hydrogen) atoms. The highest BCUT2D eigenvalue weighted by Crippen LogP contribution is 2.26. The molecule has 0 spiro atoms. The Balaban J connectivity index is 2.23. The van der Waals surface area contributed by atoms with Gasteiger partial charge in [0.25, 0.3) is 5.91 Å². The van der Waals surface area contributed by atoms with Gasteiger partial charge >= 0.3 is 5.97 Å². The van der Waals surface area contributed by atoms with Gasteiger partial charge in [-0.3, -0.25) is 9.59 Å². The zero-order valence-electron chi connectivity index (χ0n) is 10.6. The summed E-state index contributed by atoms with van der Waals surface area (Å²) >= 11 is 3.29. The molecule has 2 aromatic rings. The Morgan fingerprint density at radius 1 is 1.38 bits per heavy atom. The summed E-state index contributed by atoms with van der Waals surface area (Å²) < 4.78 is 6.05. The Morgan fingerprint density at radius 3 is 2.67 bits per heavy atom. The highest BCUT2D eigenvalue weighted by molar-refractivity contribution is 9.10. The second-order valence-corrected chi connectivity index (χ2v) is 5.16. The highest BCUT2D eigenvalue weighted by Gasteiger charge is 2.24. The monoisotopic (exact) mass is 354 g/mol. The first-order valence-electron chi connectivity index (χ1n) is 5.88. The van der Waals surface area contributed by atoms with Gasteiger partial charge in [-0.1, -0.05) is 12.1 Å². The third-order valence-electron chi connectivity index (χ3n) is 2.73. The lowest BCUT2D eigenvalue weighted by molar-refractivity contribution is -0.140. The van der Waals surface area contributed by atoms with Gasteiger partial charge in [0.15, 0.2) is 5.76 Å². The van der Waals surface area contributed by atoms with Crippen LogP contribution in [0.3, 0.4) is 0 Å². The number of carbonyl (C=O) groups is 3. The van der Waals surface area contributed by atoms with E-state index in [1.165, 1.54) is 6.07 Å². The van der Waals surface area contributed by atoms with Crippen LogP contribution in [0.25, 0.3) is 11.0 Å². The number of para-hydroxylation sites is 1. The minimum Gasteiger partial charge on any atom is -0.480 e. The van der Waals surface area contributed by atoms with Crippen LogP contribution in [0, 0.1) is 0 Å². The molecular formula is C13H11BrN2O5. The van der Waals surface area contributed by atoms with Crippen LogP contribution in [-0.2, 0) is 9.59 Å². The van der Waals surface area contributed by atoms with Gasteiger partial charge in [0, 0.05) is 5.39 Å². The second-order valence-electron chi connectivity index (χ2n) is 4.30. The van der Waals surface area contributed by atoms with E-state index < -0.39 is 30.2 Å². The van der Waals surface area contributed by atoms with E-state index in [0.29, 0.717) is 15.4 Å².